The number of benzene rings is 2. The van der Waals surface area contributed by atoms with Gasteiger partial charge in [0.1, 0.15) is 0 Å². The van der Waals surface area contributed by atoms with Gasteiger partial charge in [0.15, 0.2) is 0 Å². The summed E-state index contributed by atoms with van der Waals surface area (Å²) in [4.78, 5) is 0. The fourth-order valence-electron chi connectivity index (χ4n) is 1.59. The van der Waals surface area contributed by atoms with Crippen molar-refractivity contribution < 1.29 is 0 Å². The van der Waals surface area contributed by atoms with Crippen molar-refractivity contribution in [3.8, 4) is 0 Å². The molecule has 0 unspecified atom stereocenters. The van der Waals surface area contributed by atoms with Crippen LogP contribution in [0.3, 0.4) is 0 Å². The van der Waals surface area contributed by atoms with Gasteiger partial charge in [0, 0.05) is 12.4 Å². The Labute approximate surface area is 119 Å². The fourth-order valence-corrected chi connectivity index (χ4v) is 1.59. The molecule has 2 nitrogen and oxygen atoms in total. The molecule has 0 bridgehead atoms. The first-order valence-corrected chi connectivity index (χ1v) is 6.45. The smallest absolute Gasteiger partial charge is 0.0495 e. The van der Waals surface area contributed by atoms with Crippen molar-refractivity contribution >= 4 is 24.6 Å². The summed E-state index contributed by atoms with van der Waals surface area (Å²) in [7, 11) is 0. The molecule has 2 aromatic carbocycles. The minimum Gasteiger partial charge on any atom is -0.159 e. The number of nitrogens with zero attached hydrogens (tertiary/aromatic N) is 2. The highest BCUT2D eigenvalue weighted by molar-refractivity contribution is 5.81. The molecule has 0 N–H and O–H groups in total. The van der Waals surface area contributed by atoms with E-state index in [9.17, 15) is 0 Å². The Bertz CT molecular complexity index is 551. The van der Waals surface area contributed by atoms with Crippen LogP contribution in [0.15, 0.2) is 83.0 Å². The standard InChI is InChI=1S/C18H16N2/c1-3-9-17(10-4-1)13-7-15-19-20-16-8-14-18-11-5-2-6-12-18/h1-16H/b13-7-,14-8+,19-15+,20-16-. The Hall–Kier alpha value is -2.74. The van der Waals surface area contributed by atoms with E-state index in [0.29, 0.717) is 0 Å². The summed E-state index contributed by atoms with van der Waals surface area (Å²) >= 11 is 0. The van der Waals surface area contributed by atoms with E-state index in [1.165, 1.54) is 0 Å². The van der Waals surface area contributed by atoms with E-state index in [-0.39, 0.29) is 0 Å². The van der Waals surface area contributed by atoms with Crippen LogP contribution in [0, 0.1) is 0 Å². The van der Waals surface area contributed by atoms with Gasteiger partial charge in [-0.3, -0.25) is 0 Å². The largest absolute Gasteiger partial charge is 0.159 e. The summed E-state index contributed by atoms with van der Waals surface area (Å²) in [5.74, 6) is 0. The average Bonchev–Trinajstić information content (AvgIpc) is 2.52. The maximum atomic E-state index is 3.92. The van der Waals surface area contributed by atoms with Crippen LogP contribution in [-0.2, 0) is 0 Å². The molecule has 2 rings (SSSR count). The lowest BCUT2D eigenvalue weighted by Gasteiger charge is -1.88. The fraction of sp³-hybridized carbons (Fsp3) is 0. The highest BCUT2D eigenvalue weighted by Gasteiger charge is 1.80. The molecule has 2 aromatic rings. The van der Waals surface area contributed by atoms with Crippen molar-refractivity contribution in [1.82, 2.24) is 0 Å². The topological polar surface area (TPSA) is 24.7 Å². The monoisotopic (exact) mass is 260 g/mol. The molecule has 0 spiro atoms. The highest BCUT2D eigenvalue weighted by atomic mass is 15.2. The van der Waals surface area contributed by atoms with Gasteiger partial charge in [-0.1, -0.05) is 72.8 Å². The SMILES string of the molecule is C(=C/c1ccccc1)/C=N/N=C\C=C\c1ccccc1. The van der Waals surface area contributed by atoms with Crippen LogP contribution in [0.4, 0.5) is 0 Å². The zero-order valence-electron chi connectivity index (χ0n) is 11.1. The Morgan fingerprint density at radius 2 is 0.950 bits per heavy atom. The molecule has 0 heterocycles. The van der Waals surface area contributed by atoms with Crippen LogP contribution in [0.5, 0.6) is 0 Å². The molecule has 20 heavy (non-hydrogen) atoms. The lowest BCUT2D eigenvalue weighted by molar-refractivity contribution is 1.27. The summed E-state index contributed by atoms with van der Waals surface area (Å²) in [6, 6.07) is 20.2. The maximum absolute atomic E-state index is 3.92. The van der Waals surface area contributed by atoms with Crippen LogP contribution in [0.1, 0.15) is 11.1 Å². The second-order valence-electron chi connectivity index (χ2n) is 4.07. The second-order valence-corrected chi connectivity index (χ2v) is 4.07. The maximum Gasteiger partial charge on any atom is 0.0495 e. The first-order chi connectivity index (χ1) is 9.95. The second kappa shape index (κ2) is 8.38. The Balaban J connectivity index is 1.77. The van der Waals surface area contributed by atoms with Crippen molar-refractivity contribution in [2.75, 3.05) is 0 Å². The minimum atomic E-state index is 1.15. The lowest BCUT2D eigenvalue weighted by atomic mass is 10.2. The Morgan fingerprint density at radius 3 is 1.35 bits per heavy atom. The number of hydrogen-bond donors (Lipinski definition) is 0. The van der Waals surface area contributed by atoms with E-state index in [1.54, 1.807) is 12.4 Å². The van der Waals surface area contributed by atoms with Gasteiger partial charge in [-0.05, 0) is 23.3 Å². The van der Waals surface area contributed by atoms with Gasteiger partial charge in [0.2, 0.25) is 0 Å². The molecule has 0 radical (unpaired) electrons. The van der Waals surface area contributed by atoms with Gasteiger partial charge in [0.05, 0.1) is 0 Å². The molecule has 0 aliphatic rings. The molecule has 0 aliphatic carbocycles. The summed E-state index contributed by atoms with van der Waals surface area (Å²) in [5, 5.41) is 7.85. The molecule has 0 amide bonds. The van der Waals surface area contributed by atoms with Crippen molar-refractivity contribution in [2.45, 2.75) is 0 Å². The first-order valence-electron chi connectivity index (χ1n) is 6.45. The minimum absolute atomic E-state index is 1.15. The molecular formula is C18H16N2. The van der Waals surface area contributed by atoms with Crippen molar-refractivity contribution in [1.29, 1.82) is 0 Å². The first kappa shape index (κ1) is 13.7. The Morgan fingerprint density at radius 1 is 0.550 bits per heavy atom. The van der Waals surface area contributed by atoms with Crippen molar-refractivity contribution in [3.63, 3.8) is 0 Å². The number of rotatable bonds is 5. The lowest BCUT2D eigenvalue weighted by Crippen LogP contribution is -1.70. The van der Waals surface area contributed by atoms with Crippen LogP contribution in [0.2, 0.25) is 0 Å². The zero-order chi connectivity index (χ0) is 13.9. The van der Waals surface area contributed by atoms with Gasteiger partial charge in [-0.25, -0.2) is 0 Å². The van der Waals surface area contributed by atoms with Gasteiger partial charge in [-0.15, -0.1) is 0 Å². The van der Waals surface area contributed by atoms with Crippen LogP contribution < -0.4 is 0 Å². The van der Waals surface area contributed by atoms with E-state index in [4.69, 9.17) is 0 Å². The molecule has 0 aromatic heterocycles. The van der Waals surface area contributed by atoms with E-state index in [1.807, 2.05) is 85.0 Å². The van der Waals surface area contributed by atoms with Crippen molar-refractivity contribution in [2.24, 2.45) is 10.2 Å². The molecular weight excluding hydrogens is 244 g/mol. The van der Waals surface area contributed by atoms with Gasteiger partial charge >= 0.3 is 0 Å². The van der Waals surface area contributed by atoms with Crippen molar-refractivity contribution in [3.05, 3.63) is 83.9 Å². The third-order valence-electron chi connectivity index (χ3n) is 2.55. The summed E-state index contributed by atoms with van der Waals surface area (Å²) in [6.07, 6.45) is 11.0. The van der Waals surface area contributed by atoms with Gasteiger partial charge in [-0.2, -0.15) is 10.2 Å². The highest BCUT2D eigenvalue weighted by Crippen LogP contribution is 2.00. The zero-order valence-corrected chi connectivity index (χ0v) is 11.1. The summed E-state index contributed by atoms with van der Waals surface area (Å²) in [5.41, 5.74) is 2.29. The molecule has 98 valence electrons. The number of hydrogen-bond acceptors (Lipinski definition) is 2. The van der Waals surface area contributed by atoms with Gasteiger partial charge < -0.3 is 0 Å². The summed E-state index contributed by atoms with van der Waals surface area (Å²) in [6.45, 7) is 0. The van der Waals surface area contributed by atoms with Crippen LogP contribution in [0.25, 0.3) is 12.2 Å². The molecule has 0 saturated heterocycles. The van der Waals surface area contributed by atoms with E-state index >= 15 is 0 Å². The quantitative estimate of drug-likeness (QED) is 0.559. The predicted octanol–water partition coefficient (Wildman–Crippen LogP) is 4.47. The van der Waals surface area contributed by atoms with Crippen LogP contribution >= 0.6 is 0 Å². The van der Waals surface area contributed by atoms with Crippen LogP contribution in [-0.4, -0.2) is 12.4 Å². The third kappa shape index (κ3) is 5.27. The molecule has 2 heteroatoms. The number of allylic oxidation sites excluding steroid dienone is 2. The van der Waals surface area contributed by atoms with Gasteiger partial charge in [0.25, 0.3) is 0 Å². The van der Waals surface area contributed by atoms with E-state index < -0.39 is 0 Å². The molecule has 0 aliphatic heterocycles. The summed E-state index contributed by atoms with van der Waals surface area (Å²) < 4.78 is 0. The molecule has 0 fully saturated rings. The molecule has 0 saturated carbocycles. The third-order valence-corrected chi connectivity index (χ3v) is 2.55. The van der Waals surface area contributed by atoms with E-state index in [2.05, 4.69) is 10.2 Å². The molecule has 0 atom stereocenters. The predicted molar refractivity (Wildman–Crippen MR) is 87.9 cm³/mol. The Kier molecular flexibility index (Phi) is 5.73. The van der Waals surface area contributed by atoms with E-state index in [0.717, 1.165) is 11.1 Å². The normalized spacial score (nSPS) is 12.2. The average molecular weight is 260 g/mol.